The third-order valence-electron chi connectivity index (χ3n) is 1.90. The SMILES string of the molecule is Cc1cc(-c2cc(F)c(F)cc2F)on1. The van der Waals surface area contributed by atoms with E-state index in [1.807, 2.05) is 0 Å². The van der Waals surface area contributed by atoms with E-state index in [4.69, 9.17) is 4.52 Å². The lowest BCUT2D eigenvalue weighted by Gasteiger charge is -1.99. The summed E-state index contributed by atoms with van der Waals surface area (Å²) >= 11 is 0. The summed E-state index contributed by atoms with van der Waals surface area (Å²) in [4.78, 5) is 0. The first-order valence-corrected chi connectivity index (χ1v) is 4.16. The molecule has 5 heteroatoms. The van der Waals surface area contributed by atoms with Crippen LogP contribution in [0.4, 0.5) is 13.2 Å². The molecule has 0 N–H and O–H groups in total. The zero-order chi connectivity index (χ0) is 11.0. The van der Waals surface area contributed by atoms with E-state index in [0.717, 1.165) is 6.07 Å². The van der Waals surface area contributed by atoms with Crippen molar-refractivity contribution in [3.8, 4) is 11.3 Å². The maximum Gasteiger partial charge on any atom is 0.170 e. The fraction of sp³-hybridized carbons (Fsp3) is 0.100. The summed E-state index contributed by atoms with van der Waals surface area (Å²) < 4.78 is 43.4. The second-order valence-electron chi connectivity index (χ2n) is 3.08. The van der Waals surface area contributed by atoms with Crippen molar-refractivity contribution >= 4 is 0 Å². The minimum atomic E-state index is -1.23. The van der Waals surface area contributed by atoms with Crippen LogP contribution >= 0.6 is 0 Å². The van der Waals surface area contributed by atoms with Crippen LogP contribution in [-0.2, 0) is 0 Å². The predicted molar refractivity (Wildman–Crippen MR) is 46.6 cm³/mol. The minimum Gasteiger partial charge on any atom is -0.356 e. The first-order valence-electron chi connectivity index (χ1n) is 4.16. The van der Waals surface area contributed by atoms with Gasteiger partial charge in [-0.15, -0.1) is 0 Å². The fourth-order valence-electron chi connectivity index (χ4n) is 1.20. The number of nitrogens with zero attached hydrogens (tertiary/aromatic N) is 1. The predicted octanol–water partition coefficient (Wildman–Crippen LogP) is 3.07. The van der Waals surface area contributed by atoms with Crippen molar-refractivity contribution < 1.29 is 17.7 Å². The standard InChI is InChI=1S/C10H6F3NO/c1-5-2-10(15-14-5)6-3-8(12)9(13)4-7(6)11/h2-4H,1H3. The molecule has 0 amide bonds. The van der Waals surface area contributed by atoms with Crippen molar-refractivity contribution in [2.24, 2.45) is 0 Å². The third kappa shape index (κ3) is 1.72. The summed E-state index contributed by atoms with van der Waals surface area (Å²) in [7, 11) is 0. The van der Waals surface area contributed by atoms with Crippen molar-refractivity contribution in [3.63, 3.8) is 0 Å². The second-order valence-corrected chi connectivity index (χ2v) is 3.08. The van der Waals surface area contributed by atoms with Gasteiger partial charge in [0.2, 0.25) is 0 Å². The summed E-state index contributed by atoms with van der Waals surface area (Å²) in [5.74, 6) is -3.16. The lowest BCUT2D eigenvalue weighted by atomic mass is 10.1. The topological polar surface area (TPSA) is 26.0 Å². The molecule has 15 heavy (non-hydrogen) atoms. The first-order chi connectivity index (χ1) is 7.08. The van der Waals surface area contributed by atoms with Gasteiger partial charge in [0.25, 0.3) is 0 Å². The van der Waals surface area contributed by atoms with Crippen molar-refractivity contribution in [3.05, 3.63) is 41.3 Å². The Morgan fingerprint density at radius 2 is 1.67 bits per heavy atom. The van der Waals surface area contributed by atoms with Crippen molar-refractivity contribution in [2.75, 3.05) is 0 Å². The molecule has 0 aliphatic heterocycles. The van der Waals surface area contributed by atoms with Gasteiger partial charge in [-0.2, -0.15) is 0 Å². The molecule has 1 aromatic heterocycles. The molecule has 1 aromatic carbocycles. The van der Waals surface area contributed by atoms with Gasteiger partial charge in [0.15, 0.2) is 17.4 Å². The van der Waals surface area contributed by atoms with Crippen molar-refractivity contribution in [1.82, 2.24) is 5.16 Å². The molecule has 0 bridgehead atoms. The van der Waals surface area contributed by atoms with Crippen LogP contribution in [0.1, 0.15) is 5.69 Å². The van der Waals surface area contributed by atoms with E-state index in [1.165, 1.54) is 6.07 Å². The number of benzene rings is 1. The average Bonchev–Trinajstić information content (AvgIpc) is 2.58. The molecular weight excluding hydrogens is 207 g/mol. The average molecular weight is 213 g/mol. The molecule has 0 atom stereocenters. The highest BCUT2D eigenvalue weighted by molar-refractivity contribution is 5.58. The molecule has 0 aliphatic carbocycles. The van der Waals surface area contributed by atoms with Gasteiger partial charge < -0.3 is 4.52 Å². The minimum absolute atomic E-state index is 0.0731. The molecule has 0 aliphatic rings. The lowest BCUT2D eigenvalue weighted by Crippen LogP contribution is -1.90. The summed E-state index contributed by atoms with van der Waals surface area (Å²) in [5.41, 5.74) is 0.392. The van der Waals surface area contributed by atoms with Crippen molar-refractivity contribution in [1.29, 1.82) is 0 Å². The van der Waals surface area contributed by atoms with Crippen LogP contribution in [0, 0.1) is 24.4 Å². The first kappa shape index (κ1) is 9.76. The van der Waals surface area contributed by atoms with E-state index < -0.39 is 17.5 Å². The van der Waals surface area contributed by atoms with Crippen LogP contribution in [0.5, 0.6) is 0 Å². The van der Waals surface area contributed by atoms with Gasteiger partial charge >= 0.3 is 0 Å². The number of aryl methyl sites for hydroxylation is 1. The highest BCUT2D eigenvalue weighted by Crippen LogP contribution is 2.25. The maximum atomic E-state index is 13.2. The van der Waals surface area contributed by atoms with E-state index >= 15 is 0 Å². The van der Waals surface area contributed by atoms with Crippen LogP contribution in [-0.4, -0.2) is 5.16 Å². The summed E-state index contributed by atoms with van der Waals surface area (Å²) in [6.45, 7) is 1.64. The van der Waals surface area contributed by atoms with E-state index in [9.17, 15) is 13.2 Å². The second kappa shape index (κ2) is 3.42. The molecule has 2 nitrogen and oxygen atoms in total. The van der Waals surface area contributed by atoms with Gasteiger partial charge in [0.05, 0.1) is 11.3 Å². The van der Waals surface area contributed by atoms with Gasteiger partial charge in [0, 0.05) is 12.1 Å². The van der Waals surface area contributed by atoms with E-state index in [2.05, 4.69) is 5.16 Å². The van der Waals surface area contributed by atoms with Crippen molar-refractivity contribution in [2.45, 2.75) is 6.92 Å². The van der Waals surface area contributed by atoms with Crippen LogP contribution in [0.2, 0.25) is 0 Å². The number of halogens is 3. The van der Waals surface area contributed by atoms with Crippen LogP contribution in [0.15, 0.2) is 22.7 Å². The Morgan fingerprint density at radius 3 is 2.27 bits per heavy atom. The number of aromatic nitrogens is 1. The van der Waals surface area contributed by atoms with Crippen LogP contribution in [0.25, 0.3) is 11.3 Å². The molecule has 0 saturated heterocycles. The van der Waals surface area contributed by atoms with E-state index in [1.54, 1.807) is 6.92 Å². The number of rotatable bonds is 1. The number of hydrogen-bond acceptors (Lipinski definition) is 2. The highest BCUT2D eigenvalue weighted by Gasteiger charge is 2.14. The van der Waals surface area contributed by atoms with Gasteiger partial charge in [-0.05, 0) is 13.0 Å². The molecule has 0 radical (unpaired) electrons. The van der Waals surface area contributed by atoms with Gasteiger partial charge in [-0.3, -0.25) is 0 Å². The Kier molecular flexibility index (Phi) is 2.22. The van der Waals surface area contributed by atoms with Gasteiger partial charge in [-0.1, -0.05) is 5.16 Å². The molecule has 0 fully saturated rings. The van der Waals surface area contributed by atoms with Crippen LogP contribution in [0.3, 0.4) is 0 Å². The van der Waals surface area contributed by atoms with E-state index in [-0.39, 0.29) is 11.3 Å². The maximum absolute atomic E-state index is 13.2. The fourth-order valence-corrected chi connectivity index (χ4v) is 1.20. The normalized spacial score (nSPS) is 10.7. The Labute approximate surface area is 83.3 Å². The molecule has 78 valence electrons. The lowest BCUT2D eigenvalue weighted by molar-refractivity contribution is 0.423. The largest absolute Gasteiger partial charge is 0.356 e. The Morgan fingerprint density at radius 1 is 1.00 bits per heavy atom. The zero-order valence-corrected chi connectivity index (χ0v) is 7.72. The zero-order valence-electron chi connectivity index (χ0n) is 7.72. The Bertz CT molecular complexity index is 507. The molecule has 1 heterocycles. The molecule has 0 saturated carbocycles. The Hall–Kier alpha value is -1.78. The summed E-state index contributed by atoms with van der Waals surface area (Å²) in [6.07, 6.45) is 0. The molecular formula is C10H6F3NO. The number of hydrogen-bond donors (Lipinski definition) is 0. The van der Waals surface area contributed by atoms with E-state index in [0.29, 0.717) is 11.8 Å². The summed E-state index contributed by atoms with van der Waals surface area (Å²) in [5, 5.41) is 3.53. The summed E-state index contributed by atoms with van der Waals surface area (Å²) in [6, 6.07) is 2.66. The smallest absolute Gasteiger partial charge is 0.170 e. The van der Waals surface area contributed by atoms with Gasteiger partial charge in [-0.25, -0.2) is 13.2 Å². The highest BCUT2D eigenvalue weighted by atomic mass is 19.2. The molecule has 2 aromatic rings. The third-order valence-corrected chi connectivity index (χ3v) is 1.90. The Balaban J connectivity index is 2.58. The molecule has 0 spiro atoms. The quantitative estimate of drug-likeness (QED) is 0.680. The molecule has 0 unspecified atom stereocenters. The van der Waals surface area contributed by atoms with Crippen LogP contribution < -0.4 is 0 Å². The van der Waals surface area contributed by atoms with Gasteiger partial charge in [0.1, 0.15) is 5.82 Å². The monoisotopic (exact) mass is 213 g/mol. The molecule has 2 rings (SSSR count).